The zero-order chi connectivity index (χ0) is 12.4. The molecule has 0 saturated carbocycles. The van der Waals surface area contributed by atoms with E-state index in [1.807, 2.05) is 0 Å². The fourth-order valence-electron chi connectivity index (χ4n) is 1.54. The van der Waals surface area contributed by atoms with Crippen molar-refractivity contribution in [2.75, 3.05) is 5.73 Å². The number of rotatable bonds is 2. The molecule has 0 aliphatic carbocycles. The van der Waals surface area contributed by atoms with Crippen LogP contribution in [0, 0.1) is 0 Å². The number of ketones is 1. The molecular weight excluding hydrogens is 257 g/mol. The van der Waals surface area contributed by atoms with Crippen molar-refractivity contribution in [3.63, 3.8) is 0 Å². The lowest BCUT2D eigenvalue weighted by molar-refractivity contribution is 0.103. The maximum atomic E-state index is 12.1. The summed E-state index contributed by atoms with van der Waals surface area (Å²) in [6, 6.07) is 11.5. The average molecular weight is 266 g/mol. The van der Waals surface area contributed by atoms with Crippen LogP contribution in [-0.2, 0) is 0 Å². The lowest BCUT2D eigenvalue weighted by Gasteiger charge is -2.04. The number of hydrogen-bond acceptors (Lipinski definition) is 2. The smallest absolute Gasteiger partial charge is 0.193 e. The van der Waals surface area contributed by atoms with Gasteiger partial charge in [0.05, 0.1) is 0 Å². The summed E-state index contributed by atoms with van der Waals surface area (Å²) in [6.07, 6.45) is 0. The van der Waals surface area contributed by atoms with E-state index < -0.39 is 0 Å². The van der Waals surface area contributed by atoms with Gasteiger partial charge in [-0.1, -0.05) is 35.3 Å². The van der Waals surface area contributed by atoms with Crippen LogP contribution in [0.4, 0.5) is 5.69 Å². The Balaban J connectivity index is 2.43. The minimum Gasteiger partial charge on any atom is -0.399 e. The van der Waals surface area contributed by atoms with Crippen LogP contribution >= 0.6 is 23.2 Å². The van der Waals surface area contributed by atoms with Gasteiger partial charge < -0.3 is 5.73 Å². The van der Waals surface area contributed by atoms with Crippen LogP contribution < -0.4 is 5.73 Å². The van der Waals surface area contributed by atoms with Crippen molar-refractivity contribution < 1.29 is 4.79 Å². The molecule has 2 aromatic carbocycles. The van der Waals surface area contributed by atoms with E-state index in [4.69, 9.17) is 28.9 Å². The average Bonchev–Trinajstić information content (AvgIpc) is 2.26. The third-order valence-corrected chi connectivity index (χ3v) is 2.72. The maximum Gasteiger partial charge on any atom is 0.193 e. The Bertz CT molecular complexity index is 561. The largest absolute Gasteiger partial charge is 0.399 e. The van der Waals surface area contributed by atoms with Gasteiger partial charge in [-0.3, -0.25) is 4.79 Å². The van der Waals surface area contributed by atoms with Crippen molar-refractivity contribution >= 4 is 34.7 Å². The Morgan fingerprint density at radius 3 is 2.29 bits per heavy atom. The van der Waals surface area contributed by atoms with E-state index in [1.54, 1.807) is 42.5 Å². The third-order valence-electron chi connectivity index (χ3n) is 2.27. The third kappa shape index (κ3) is 2.78. The Hall–Kier alpha value is -1.51. The van der Waals surface area contributed by atoms with Crippen LogP contribution in [0.3, 0.4) is 0 Å². The SMILES string of the molecule is Nc1cc(Cl)cc(C(=O)c2cccc(Cl)c2)c1. The van der Waals surface area contributed by atoms with Crippen molar-refractivity contribution in [2.45, 2.75) is 0 Å². The second-order valence-corrected chi connectivity index (χ2v) is 4.49. The van der Waals surface area contributed by atoms with Gasteiger partial charge in [0.1, 0.15) is 0 Å². The molecule has 0 aliphatic heterocycles. The van der Waals surface area contributed by atoms with Gasteiger partial charge in [-0.25, -0.2) is 0 Å². The molecule has 0 aliphatic rings. The first kappa shape index (κ1) is 12.0. The quantitative estimate of drug-likeness (QED) is 0.663. The number of benzene rings is 2. The van der Waals surface area contributed by atoms with Gasteiger partial charge in [0, 0.05) is 26.9 Å². The van der Waals surface area contributed by atoms with Crippen LogP contribution in [0.2, 0.25) is 10.0 Å². The first-order valence-electron chi connectivity index (χ1n) is 4.92. The van der Waals surface area contributed by atoms with Crippen molar-refractivity contribution in [3.8, 4) is 0 Å². The molecule has 0 atom stereocenters. The Kier molecular flexibility index (Phi) is 3.36. The second-order valence-electron chi connectivity index (χ2n) is 3.61. The molecule has 0 radical (unpaired) electrons. The summed E-state index contributed by atoms with van der Waals surface area (Å²) >= 11 is 11.7. The van der Waals surface area contributed by atoms with Crippen LogP contribution in [0.25, 0.3) is 0 Å². The number of nitrogen functional groups attached to an aromatic ring is 1. The second kappa shape index (κ2) is 4.78. The topological polar surface area (TPSA) is 43.1 Å². The summed E-state index contributed by atoms with van der Waals surface area (Å²) in [6.45, 7) is 0. The van der Waals surface area contributed by atoms with Crippen LogP contribution in [0.1, 0.15) is 15.9 Å². The number of hydrogen-bond donors (Lipinski definition) is 1. The fraction of sp³-hybridized carbons (Fsp3) is 0. The number of carbonyl (C=O) groups is 1. The Labute approximate surface area is 109 Å². The molecule has 0 spiro atoms. The molecule has 0 bridgehead atoms. The standard InChI is InChI=1S/C13H9Cl2NO/c14-10-3-1-2-8(4-10)13(17)9-5-11(15)7-12(16)6-9/h1-7H,16H2. The lowest BCUT2D eigenvalue weighted by Crippen LogP contribution is -2.02. The number of anilines is 1. The zero-order valence-corrected chi connectivity index (χ0v) is 10.3. The minimum atomic E-state index is -0.151. The minimum absolute atomic E-state index is 0.151. The molecule has 0 aromatic heterocycles. The van der Waals surface area contributed by atoms with Crippen molar-refractivity contribution in [1.29, 1.82) is 0 Å². The molecule has 2 aromatic rings. The molecule has 17 heavy (non-hydrogen) atoms. The predicted octanol–water partition coefficient (Wildman–Crippen LogP) is 3.81. The molecule has 0 heterocycles. The van der Waals surface area contributed by atoms with Crippen LogP contribution in [-0.4, -0.2) is 5.78 Å². The van der Waals surface area contributed by atoms with E-state index in [9.17, 15) is 4.79 Å². The molecular formula is C13H9Cl2NO. The molecule has 0 unspecified atom stereocenters. The zero-order valence-electron chi connectivity index (χ0n) is 8.78. The van der Waals surface area contributed by atoms with Gasteiger partial charge in [0.15, 0.2) is 5.78 Å². The van der Waals surface area contributed by atoms with E-state index in [2.05, 4.69) is 0 Å². The van der Waals surface area contributed by atoms with Crippen LogP contribution in [0.15, 0.2) is 42.5 Å². The number of halogens is 2. The molecule has 0 saturated heterocycles. The summed E-state index contributed by atoms with van der Waals surface area (Å²) < 4.78 is 0. The molecule has 4 heteroatoms. The first-order chi connectivity index (χ1) is 8.06. The van der Waals surface area contributed by atoms with E-state index in [1.165, 1.54) is 0 Å². The predicted molar refractivity (Wildman–Crippen MR) is 70.7 cm³/mol. The van der Waals surface area contributed by atoms with Gasteiger partial charge >= 0.3 is 0 Å². The molecule has 0 amide bonds. The molecule has 0 fully saturated rings. The van der Waals surface area contributed by atoms with Crippen molar-refractivity contribution in [3.05, 3.63) is 63.6 Å². The van der Waals surface area contributed by atoms with Crippen molar-refractivity contribution in [1.82, 2.24) is 0 Å². The normalized spacial score (nSPS) is 10.2. The van der Waals surface area contributed by atoms with E-state index in [-0.39, 0.29) is 5.78 Å². The maximum absolute atomic E-state index is 12.1. The van der Waals surface area contributed by atoms with Gasteiger partial charge in [0.25, 0.3) is 0 Å². The summed E-state index contributed by atoms with van der Waals surface area (Å²) in [5.41, 5.74) is 7.07. The molecule has 2 N–H and O–H groups in total. The number of nitrogens with two attached hydrogens (primary N) is 1. The number of carbonyl (C=O) groups excluding carboxylic acids is 1. The highest BCUT2D eigenvalue weighted by molar-refractivity contribution is 6.32. The van der Waals surface area contributed by atoms with E-state index in [0.29, 0.717) is 26.9 Å². The molecule has 2 rings (SSSR count). The fourth-order valence-corrected chi connectivity index (χ4v) is 1.97. The monoisotopic (exact) mass is 265 g/mol. The van der Waals surface area contributed by atoms with Gasteiger partial charge in [-0.15, -0.1) is 0 Å². The van der Waals surface area contributed by atoms with Gasteiger partial charge in [-0.2, -0.15) is 0 Å². The molecule has 86 valence electrons. The summed E-state index contributed by atoms with van der Waals surface area (Å²) in [7, 11) is 0. The Morgan fingerprint density at radius 1 is 0.941 bits per heavy atom. The highest BCUT2D eigenvalue weighted by Crippen LogP contribution is 2.20. The highest BCUT2D eigenvalue weighted by atomic mass is 35.5. The van der Waals surface area contributed by atoms with E-state index in [0.717, 1.165) is 0 Å². The Morgan fingerprint density at radius 2 is 1.65 bits per heavy atom. The summed E-state index contributed by atoms with van der Waals surface area (Å²) in [5.74, 6) is -0.151. The van der Waals surface area contributed by atoms with Gasteiger partial charge in [0.2, 0.25) is 0 Å². The highest BCUT2D eigenvalue weighted by Gasteiger charge is 2.10. The van der Waals surface area contributed by atoms with Gasteiger partial charge in [-0.05, 0) is 30.3 Å². The summed E-state index contributed by atoms with van der Waals surface area (Å²) in [4.78, 5) is 12.1. The molecule has 2 nitrogen and oxygen atoms in total. The van der Waals surface area contributed by atoms with Crippen LogP contribution in [0.5, 0.6) is 0 Å². The lowest BCUT2D eigenvalue weighted by atomic mass is 10.0. The van der Waals surface area contributed by atoms with E-state index >= 15 is 0 Å². The van der Waals surface area contributed by atoms with Crippen molar-refractivity contribution in [2.24, 2.45) is 0 Å². The summed E-state index contributed by atoms with van der Waals surface area (Å²) in [5, 5.41) is 0.959. The first-order valence-corrected chi connectivity index (χ1v) is 5.68.